The van der Waals surface area contributed by atoms with Crippen molar-refractivity contribution in [2.45, 2.75) is 56.4 Å². The maximum absolute atomic E-state index is 5.68. The first kappa shape index (κ1) is 13.7. The minimum atomic E-state index is -0.523. The fourth-order valence-corrected chi connectivity index (χ4v) is 3.76. The van der Waals surface area contributed by atoms with E-state index in [1.807, 2.05) is 0 Å². The summed E-state index contributed by atoms with van der Waals surface area (Å²) in [5.41, 5.74) is 5.68. The molecule has 0 aromatic carbocycles. The van der Waals surface area contributed by atoms with E-state index in [9.17, 15) is 0 Å². The molecule has 0 aliphatic heterocycles. The van der Waals surface area contributed by atoms with E-state index in [1.54, 1.807) is 0 Å². The second-order valence-electron chi connectivity index (χ2n) is 3.78. The van der Waals surface area contributed by atoms with Crippen LogP contribution in [0.25, 0.3) is 0 Å². The summed E-state index contributed by atoms with van der Waals surface area (Å²) < 4.78 is 6.50. The third-order valence-electron chi connectivity index (χ3n) is 1.89. The Labute approximate surface area is 93.4 Å². The number of rotatable bonds is 8. The Bertz CT molecular complexity index is 109. The van der Waals surface area contributed by atoms with Gasteiger partial charge in [0.05, 0.1) is 0 Å². The zero-order valence-corrected chi connectivity index (χ0v) is 12.0. The molecule has 2 atom stereocenters. The Morgan fingerprint density at radius 2 is 2.00 bits per heavy atom. The Balaban J connectivity index is 3.15. The Hall–Kier alpha value is 0.719. The first-order chi connectivity index (χ1) is 6.16. The van der Waals surface area contributed by atoms with Gasteiger partial charge in [0.25, 0.3) is 0 Å². The predicted octanol–water partition coefficient (Wildman–Crippen LogP) is 2.36. The molecule has 0 aromatic heterocycles. The summed E-state index contributed by atoms with van der Waals surface area (Å²) in [7, 11) is 0. The van der Waals surface area contributed by atoms with Crippen molar-refractivity contribution >= 4 is 21.6 Å². The van der Waals surface area contributed by atoms with Crippen LogP contribution in [-0.2, 0) is 3.07 Å². The van der Waals surface area contributed by atoms with Gasteiger partial charge < -0.3 is 0 Å². The summed E-state index contributed by atoms with van der Waals surface area (Å²) in [6.07, 6.45) is 4.91. The molecule has 0 spiro atoms. The average molecular weight is 292 g/mol. The molecule has 0 saturated carbocycles. The van der Waals surface area contributed by atoms with Gasteiger partial charge in [-0.1, -0.05) is 0 Å². The number of nitrogens with two attached hydrogens (primary N) is 1. The van der Waals surface area contributed by atoms with Gasteiger partial charge in [0, 0.05) is 0 Å². The molecular formula is C10H23NOSn. The van der Waals surface area contributed by atoms with E-state index >= 15 is 0 Å². The molecule has 78 valence electrons. The summed E-state index contributed by atoms with van der Waals surface area (Å²) in [4.78, 5) is 0. The standard InChI is InChI=1S/C7H16N.C3H7O.Sn/c1-3-4-5-6-7(2)8;1-2-3-4;/h3,7H,4-6,8H2,1-2H3;2-3H2,1H3;/q;-1;+1. The second-order valence-corrected chi connectivity index (χ2v) is 8.09. The molecule has 2 unspecified atom stereocenters. The van der Waals surface area contributed by atoms with E-state index in [1.165, 1.54) is 12.8 Å². The molecule has 13 heavy (non-hydrogen) atoms. The van der Waals surface area contributed by atoms with E-state index in [2.05, 4.69) is 20.8 Å². The molecule has 0 saturated heterocycles. The van der Waals surface area contributed by atoms with Crippen LogP contribution in [-0.4, -0.2) is 34.2 Å². The van der Waals surface area contributed by atoms with Gasteiger partial charge in [0.2, 0.25) is 0 Å². The number of hydrogen-bond acceptors (Lipinski definition) is 2. The van der Waals surface area contributed by atoms with E-state index in [-0.39, 0.29) is 0 Å². The van der Waals surface area contributed by atoms with Crippen LogP contribution in [0.4, 0.5) is 0 Å². The molecule has 0 aliphatic rings. The van der Waals surface area contributed by atoms with Gasteiger partial charge in [-0.05, 0) is 0 Å². The summed E-state index contributed by atoms with van der Waals surface area (Å²) in [6.45, 7) is 7.55. The van der Waals surface area contributed by atoms with Crippen LogP contribution in [0, 0.1) is 0 Å². The summed E-state index contributed by atoms with van der Waals surface area (Å²) in [5, 5.41) is 0. The van der Waals surface area contributed by atoms with Crippen molar-refractivity contribution in [1.82, 2.24) is 0 Å². The van der Waals surface area contributed by atoms with Gasteiger partial charge >= 0.3 is 93.4 Å². The molecule has 0 bridgehead atoms. The summed E-state index contributed by atoms with van der Waals surface area (Å²) in [5.74, 6) is 0. The van der Waals surface area contributed by atoms with Gasteiger partial charge in [0.1, 0.15) is 0 Å². The molecule has 0 aliphatic carbocycles. The second kappa shape index (κ2) is 9.28. The van der Waals surface area contributed by atoms with Gasteiger partial charge in [-0.25, -0.2) is 0 Å². The van der Waals surface area contributed by atoms with Gasteiger partial charge in [-0.15, -0.1) is 0 Å². The summed E-state index contributed by atoms with van der Waals surface area (Å²) >= 11 is -0.523. The average Bonchev–Trinajstić information content (AvgIpc) is 2.04. The normalized spacial score (nSPS) is 15.7. The SMILES string of the molecule is CCC[O][Sn][CH](C)CCCC(C)N. The molecule has 0 heterocycles. The van der Waals surface area contributed by atoms with Crippen LogP contribution in [0.1, 0.15) is 46.5 Å². The first-order valence-electron chi connectivity index (χ1n) is 5.29. The van der Waals surface area contributed by atoms with Crippen LogP contribution >= 0.6 is 0 Å². The fourth-order valence-electron chi connectivity index (χ4n) is 1.11. The van der Waals surface area contributed by atoms with Crippen molar-refractivity contribution in [1.29, 1.82) is 0 Å². The molecule has 2 radical (unpaired) electrons. The maximum atomic E-state index is 5.68. The van der Waals surface area contributed by atoms with Crippen LogP contribution < -0.4 is 5.73 Å². The zero-order valence-electron chi connectivity index (χ0n) is 9.18. The Kier molecular flexibility index (Phi) is 9.79. The fraction of sp³-hybridized carbons (Fsp3) is 1.00. The zero-order chi connectivity index (χ0) is 10.1. The minimum absolute atomic E-state index is 0.370. The molecular weight excluding hydrogens is 269 g/mol. The Morgan fingerprint density at radius 1 is 1.31 bits per heavy atom. The van der Waals surface area contributed by atoms with E-state index in [4.69, 9.17) is 8.81 Å². The van der Waals surface area contributed by atoms with Crippen LogP contribution in [0.15, 0.2) is 0 Å². The van der Waals surface area contributed by atoms with Crippen LogP contribution in [0.2, 0.25) is 3.93 Å². The third kappa shape index (κ3) is 10.6. The monoisotopic (exact) mass is 293 g/mol. The number of hydrogen-bond donors (Lipinski definition) is 1. The molecule has 0 amide bonds. The molecule has 0 aromatic rings. The third-order valence-corrected chi connectivity index (χ3v) is 4.92. The Morgan fingerprint density at radius 3 is 2.54 bits per heavy atom. The van der Waals surface area contributed by atoms with Crippen molar-refractivity contribution < 1.29 is 3.07 Å². The first-order valence-corrected chi connectivity index (χ1v) is 8.11. The van der Waals surface area contributed by atoms with Crippen molar-refractivity contribution in [3.63, 3.8) is 0 Å². The summed E-state index contributed by atoms with van der Waals surface area (Å²) in [6, 6.07) is 0.370. The van der Waals surface area contributed by atoms with Gasteiger partial charge in [-0.2, -0.15) is 0 Å². The van der Waals surface area contributed by atoms with Crippen molar-refractivity contribution in [3.8, 4) is 0 Å². The molecule has 0 fully saturated rings. The topological polar surface area (TPSA) is 35.2 Å². The van der Waals surface area contributed by atoms with E-state index < -0.39 is 21.6 Å². The molecule has 0 rings (SSSR count). The van der Waals surface area contributed by atoms with Crippen LogP contribution in [0.3, 0.4) is 0 Å². The van der Waals surface area contributed by atoms with Crippen LogP contribution in [0.5, 0.6) is 0 Å². The molecule has 3 heteroatoms. The van der Waals surface area contributed by atoms with Gasteiger partial charge in [-0.3, -0.25) is 0 Å². The van der Waals surface area contributed by atoms with E-state index in [0.717, 1.165) is 23.4 Å². The van der Waals surface area contributed by atoms with E-state index in [0.29, 0.717) is 6.04 Å². The van der Waals surface area contributed by atoms with Gasteiger partial charge in [0.15, 0.2) is 0 Å². The van der Waals surface area contributed by atoms with Crippen molar-refractivity contribution in [2.75, 3.05) is 6.61 Å². The van der Waals surface area contributed by atoms with Crippen molar-refractivity contribution in [3.05, 3.63) is 0 Å². The quantitative estimate of drug-likeness (QED) is 0.550. The predicted molar refractivity (Wildman–Crippen MR) is 58.9 cm³/mol. The molecule has 2 N–H and O–H groups in total. The molecule has 2 nitrogen and oxygen atoms in total. The van der Waals surface area contributed by atoms with Crippen molar-refractivity contribution in [2.24, 2.45) is 5.73 Å².